The highest BCUT2D eigenvalue weighted by molar-refractivity contribution is 4.98. The van der Waals surface area contributed by atoms with Crippen molar-refractivity contribution in [2.75, 3.05) is 19.7 Å². The van der Waals surface area contributed by atoms with Gasteiger partial charge in [0, 0.05) is 13.1 Å². The van der Waals surface area contributed by atoms with Crippen LogP contribution in [0, 0.1) is 5.41 Å². The molecule has 15 heavy (non-hydrogen) atoms. The van der Waals surface area contributed by atoms with Crippen molar-refractivity contribution in [3.63, 3.8) is 0 Å². The molecule has 1 N–H and O–H groups in total. The van der Waals surface area contributed by atoms with Gasteiger partial charge in [0.1, 0.15) is 5.76 Å². The second-order valence-corrected chi connectivity index (χ2v) is 5.07. The van der Waals surface area contributed by atoms with Gasteiger partial charge in [-0.3, -0.25) is 4.90 Å². The van der Waals surface area contributed by atoms with Crippen LogP contribution in [0.2, 0.25) is 0 Å². The van der Waals surface area contributed by atoms with Gasteiger partial charge in [0.15, 0.2) is 0 Å². The lowest BCUT2D eigenvalue weighted by atomic mass is 9.96. The predicted octanol–water partition coefficient (Wildman–Crippen LogP) is 2.12. The number of furan rings is 1. The van der Waals surface area contributed by atoms with Gasteiger partial charge < -0.3 is 9.52 Å². The van der Waals surface area contributed by atoms with E-state index in [0.717, 1.165) is 18.8 Å². The summed E-state index contributed by atoms with van der Waals surface area (Å²) in [5.74, 6) is 0.952. The van der Waals surface area contributed by atoms with Gasteiger partial charge >= 0.3 is 0 Å². The molecule has 0 spiro atoms. The molecule has 1 rings (SSSR count). The highest BCUT2D eigenvalue weighted by Crippen LogP contribution is 2.16. The molecule has 0 aliphatic heterocycles. The average molecular weight is 211 g/mol. The lowest BCUT2D eigenvalue weighted by Crippen LogP contribution is -2.34. The van der Waals surface area contributed by atoms with Crippen LogP contribution in [0.1, 0.15) is 26.5 Å². The Balaban J connectivity index is 2.51. The van der Waals surface area contributed by atoms with Crippen molar-refractivity contribution in [1.82, 2.24) is 4.90 Å². The number of rotatable bonds is 5. The van der Waals surface area contributed by atoms with Crippen molar-refractivity contribution >= 4 is 0 Å². The quantitative estimate of drug-likeness (QED) is 0.810. The molecule has 0 aliphatic rings. The summed E-state index contributed by atoms with van der Waals surface area (Å²) in [6.45, 7) is 9.19. The zero-order valence-corrected chi connectivity index (χ0v) is 9.86. The first-order chi connectivity index (χ1) is 7.01. The van der Waals surface area contributed by atoms with Crippen LogP contribution in [0.4, 0.5) is 0 Å². The molecule has 1 aromatic rings. The highest BCUT2D eigenvalue weighted by atomic mass is 16.3. The molecular formula is C12H21NO2. The molecule has 3 heteroatoms. The lowest BCUT2D eigenvalue weighted by molar-refractivity contribution is 0.138. The first-order valence-electron chi connectivity index (χ1n) is 5.37. The second kappa shape index (κ2) is 5.33. The Morgan fingerprint density at radius 1 is 1.40 bits per heavy atom. The van der Waals surface area contributed by atoms with Crippen molar-refractivity contribution < 1.29 is 9.52 Å². The molecule has 0 aromatic carbocycles. The van der Waals surface area contributed by atoms with E-state index in [0.29, 0.717) is 6.54 Å². The first kappa shape index (κ1) is 12.3. The number of aliphatic hydroxyl groups excluding tert-OH is 1. The summed E-state index contributed by atoms with van der Waals surface area (Å²) >= 11 is 0. The molecule has 0 fully saturated rings. The molecule has 0 amide bonds. The monoisotopic (exact) mass is 211 g/mol. The van der Waals surface area contributed by atoms with Crippen molar-refractivity contribution in [3.8, 4) is 0 Å². The van der Waals surface area contributed by atoms with Crippen LogP contribution < -0.4 is 0 Å². The van der Waals surface area contributed by atoms with Crippen molar-refractivity contribution in [2.45, 2.75) is 27.3 Å². The molecule has 1 aromatic heterocycles. The Hall–Kier alpha value is -0.800. The first-order valence-corrected chi connectivity index (χ1v) is 5.37. The fraction of sp³-hybridized carbons (Fsp3) is 0.667. The van der Waals surface area contributed by atoms with E-state index in [1.165, 1.54) is 0 Å². The normalized spacial score (nSPS) is 12.3. The van der Waals surface area contributed by atoms with Crippen molar-refractivity contribution in [3.05, 3.63) is 24.2 Å². The zero-order chi connectivity index (χ0) is 11.3. The number of aliphatic hydroxyl groups is 1. The number of nitrogens with zero attached hydrogens (tertiary/aromatic N) is 1. The summed E-state index contributed by atoms with van der Waals surface area (Å²) in [6.07, 6.45) is 1.68. The van der Waals surface area contributed by atoms with E-state index in [1.807, 2.05) is 12.1 Å². The summed E-state index contributed by atoms with van der Waals surface area (Å²) < 4.78 is 5.30. The molecule has 0 saturated heterocycles. The van der Waals surface area contributed by atoms with E-state index in [1.54, 1.807) is 6.26 Å². The molecule has 0 atom stereocenters. The third-order valence-electron chi connectivity index (χ3n) is 2.07. The van der Waals surface area contributed by atoms with E-state index < -0.39 is 0 Å². The van der Waals surface area contributed by atoms with E-state index in [9.17, 15) is 0 Å². The van der Waals surface area contributed by atoms with Crippen LogP contribution in [-0.2, 0) is 6.54 Å². The molecule has 0 unspecified atom stereocenters. The van der Waals surface area contributed by atoms with Gasteiger partial charge in [0.25, 0.3) is 0 Å². The van der Waals surface area contributed by atoms with Crippen LogP contribution in [0.5, 0.6) is 0 Å². The molecule has 0 saturated carbocycles. The van der Waals surface area contributed by atoms with Crippen molar-refractivity contribution in [1.29, 1.82) is 0 Å². The molecule has 86 valence electrons. The maximum absolute atomic E-state index is 8.99. The Morgan fingerprint density at radius 3 is 2.60 bits per heavy atom. The Labute approximate surface area is 91.7 Å². The minimum absolute atomic E-state index is 0.191. The molecule has 1 heterocycles. The topological polar surface area (TPSA) is 36.6 Å². The van der Waals surface area contributed by atoms with E-state index >= 15 is 0 Å². The lowest BCUT2D eigenvalue weighted by Gasteiger charge is -2.28. The maximum Gasteiger partial charge on any atom is 0.117 e. The van der Waals surface area contributed by atoms with Gasteiger partial charge in [-0.2, -0.15) is 0 Å². The third kappa shape index (κ3) is 5.00. The summed E-state index contributed by atoms with van der Waals surface area (Å²) in [5, 5.41) is 8.99. The van der Waals surface area contributed by atoms with Gasteiger partial charge in [-0.1, -0.05) is 20.8 Å². The SMILES string of the molecule is CC(C)(C)CN(CCO)Cc1ccco1. The highest BCUT2D eigenvalue weighted by Gasteiger charge is 2.16. The predicted molar refractivity (Wildman–Crippen MR) is 60.5 cm³/mol. The zero-order valence-electron chi connectivity index (χ0n) is 9.86. The fourth-order valence-electron chi connectivity index (χ4n) is 1.65. The molecule has 0 bridgehead atoms. The standard InChI is InChI=1S/C12H21NO2/c1-12(2,3)10-13(6-7-14)9-11-5-4-8-15-11/h4-5,8,14H,6-7,9-10H2,1-3H3. The smallest absolute Gasteiger partial charge is 0.117 e. The summed E-state index contributed by atoms with van der Waals surface area (Å²) in [4.78, 5) is 2.21. The van der Waals surface area contributed by atoms with Gasteiger partial charge in [-0.05, 0) is 17.5 Å². The molecule has 0 radical (unpaired) electrons. The minimum Gasteiger partial charge on any atom is -0.468 e. The summed E-state index contributed by atoms with van der Waals surface area (Å²) in [7, 11) is 0. The van der Waals surface area contributed by atoms with Gasteiger partial charge in [-0.25, -0.2) is 0 Å². The Morgan fingerprint density at radius 2 is 2.13 bits per heavy atom. The molecular weight excluding hydrogens is 190 g/mol. The minimum atomic E-state index is 0.191. The Kier molecular flexibility index (Phi) is 4.36. The third-order valence-corrected chi connectivity index (χ3v) is 2.07. The van der Waals surface area contributed by atoms with Crippen molar-refractivity contribution in [2.24, 2.45) is 5.41 Å². The van der Waals surface area contributed by atoms with Gasteiger partial charge in [0.05, 0.1) is 19.4 Å². The Bertz CT molecular complexity index is 262. The van der Waals surface area contributed by atoms with Gasteiger partial charge in [-0.15, -0.1) is 0 Å². The van der Waals surface area contributed by atoms with Crippen LogP contribution in [0.3, 0.4) is 0 Å². The second-order valence-electron chi connectivity index (χ2n) is 5.07. The fourth-order valence-corrected chi connectivity index (χ4v) is 1.65. The maximum atomic E-state index is 8.99. The van der Waals surface area contributed by atoms with E-state index in [-0.39, 0.29) is 12.0 Å². The summed E-state index contributed by atoms with van der Waals surface area (Å²) in [6, 6.07) is 3.86. The van der Waals surface area contributed by atoms with Crippen LogP contribution >= 0.6 is 0 Å². The summed E-state index contributed by atoms with van der Waals surface area (Å²) in [5.41, 5.74) is 0.238. The average Bonchev–Trinajstić information content (AvgIpc) is 2.54. The largest absolute Gasteiger partial charge is 0.468 e. The number of hydrogen-bond acceptors (Lipinski definition) is 3. The van der Waals surface area contributed by atoms with E-state index in [4.69, 9.17) is 9.52 Å². The van der Waals surface area contributed by atoms with Crippen LogP contribution in [0.25, 0.3) is 0 Å². The van der Waals surface area contributed by atoms with Gasteiger partial charge in [0.2, 0.25) is 0 Å². The van der Waals surface area contributed by atoms with Crippen LogP contribution in [-0.4, -0.2) is 29.7 Å². The molecule has 3 nitrogen and oxygen atoms in total. The van der Waals surface area contributed by atoms with E-state index in [2.05, 4.69) is 25.7 Å². The molecule has 0 aliphatic carbocycles. The van der Waals surface area contributed by atoms with Crippen LogP contribution in [0.15, 0.2) is 22.8 Å². The number of hydrogen-bond donors (Lipinski definition) is 1.